The lowest BCUT2D eigenvalue weighted by Crippen LogP contribution is -2.22. The van der Waals surface area contributed by atoms with E-state index in [9.17, 15) is 9.59 Å². The molecule has 0 atom stereocenters. The molecule has 112 valence electrons. The van der Waals surface area contributed by atoms with Crippen molar-refractivity contribution in [3.8, 4) is 11.3 Å². The van der Waals surface area contributed by atoms with E-state index in [2.05, 4.69) is 11.6 Å². The van der Waals surface area contributed by atoms with Crippen LogP contribution in [0, 0.1) is 0 Å². The first-order valence-corrected chi connectivity index (χ1v) is 8.36. The highest BCUT2D eigenvalue weighted by atomic mass is 32.2. The van der Waals surface area contributed by atoms with Gasteiger partial charge in [-0.25, -0.2) is 4.98 Å². The van der Waals surface area contributed by atoms with Crippen molar-refractivity contribution in [1.82, 2.24) is 9.55 Å². The molecule has 3 heterocycles. The molecular weight excluding hydrogens is 320 g/mol. The van der Waals surface area contributed by atoms with Crippen LogP contribution in [-0.2, 0) is 11.3 Å². The number of aromatic nitrogens is 2. The van der Waals surface area contributed by atoms with Crippen molar-refractivity contribution >= 4 is 39.6 Å². The molecule has 3 aromatic rings. The summed E-state index contributed by atoms with van der Waals surface area (Å²) in [6.07, 6.45) is 4.00. The minimum absolute atomic E-state index is 0.147. The minimum atomic E-state index is -0.147. The lowest BCUT2D eigenvalue weighted by Gasteiger charge is -2.09. The lowest BCUT2D eigenvalue weighted by molar-refractivity contribution is -0.105. The highest BCUT2D eigenvalue weighted by Gasteiger charge is 2.17. The summed E-state index contributed by atoms with van der Waals surface area (Å²) < 4.78 is 6.93. The maximum Gasteiger partial charge on any atom is 0.263 e. The summed E-state index contributed by atoms with van der Waals surface area (Å²) in [4.78, 5) is 28.6. The lowest BCUT2D eigenvalue weighted by atomic mass is 10.2. The summed E-state index contributed by atoms with van der Waals surface area (Å²) in [6, 6.07) is 3.59. The normalized spacial score (nSPS) is 10.9. The molecule has 0 N–H and O–H groups in total. The highest BCUT2D eigenvalue weighted by molar-refractivity contribution is 7.99. The second-order valence-electron chi connectivity index (χ2n) is 4.38. The van der Waals surface area contributed by atoms with Gasteiger partial charge in [0.1, 0.15) is 16.9 Å². The maximum atomic E-state index is 12.8. The molecule has 0 bridgehead atoms. The van der Waals surface area contributed by atoms with Gasteiger partial charge in [-0.3, -0.25) is 9.36 Å². The van der Waals surface area contributed by atoms with Gasteiger partial charge >= 0.3 is 0 Å². The Bertz CT molecular complexity index is 878. The van der Waals surface area contributed by atoms with Crippen molar-refractivity contribution in [2.75, 3.05) is 5.75 Å². The quantitative estimate of drug-likeness (QED) is 0.300. The smallest absolute Gasteiger partial charge is 0.263 e. The Morgan fingerprint density at radius 2 is 2.36 bits per heavy atom. The van der Waals surface area contributed by atoms with E-state index in [-0.39, 0.29) is 11.3 Å². The number of aldehydes is 1. The fourth-order valence-electron chi connectivity index (χ4n) is 2.13. The number of fused-ring (bicyclic) bond motifs is 1. The van der Waals surface area contributed by atoms with Gasteiger partial charge in [0, 0.05) is 17.5 Å². The largest absolute Gasteiger partial charge is 0.464 e. The van der Waals surface area contributed by atoms with Crippen molar-refractivity contribution in [3.63, 3.8) is 0 Å². The van der Waals surface area contributed by atoms with E-state index in [1.807, 2.05) is 11.4 Å². The molecule has 0 unspecified atom stereocenters. The van der Waals surface area contributed by atoms with Gasteiger partial charge in [0.15, 0.2) is 5.16 Å². The molecule has 0 aliphatic rings. The SMILES string of the molecule is C=CCn1c(SCC=O)nc2scc(-c3ccco3)c2c1=O. The Kier molecular flexibility index (Phi) is 4.26. The Balaban J connectivity index is 2.25. The van der Waals surface area contributed by atoms with Gasteiger partial charge in [0.25, 0.3) is 5.56 Å². The third-order valence-corrected chi connectivity index (χ3v) is 4.78. The van der Waals surface area contributed by atoms with Gasteiger partial charge in [-0.2, -0.15) is 0 Å². The van der Waals surface area contributed by atoms with Crippen molar-refractivity contribution < 1.29 is 9.21 Å². The maximum absolute atomic E-state index is 12.8. The number of carbonyl (C=O) groups excluding carboxylic acids is 1. The molecule has 0 aromatic carbocycles. The highest BCUT2D eigenvalue weighted by Crippen LogP contribution is 2.32. The monoisotopic (exact) mass is 332 g/mol. The van der Waals surface area contributed by atoms with Gasteiger partial charge in [0.05, 0.1) is 17.4 Å². The number of furan rings is 1. The molecule has 3 aromatic heterocycles. The number of allylic oxidation sites excluding steroid dienone is 1. The van der Waals surface area contributed by atoms with E-state index < -0.39 is 0 Å². The third-order valence-electron chi connectivity index (χ3n) is 3.04. The molecule has 0 saturated carbocycles. The van der Waals surface area contributed by atoms with Crippen LogP contribution >= 0.6 is 23.1 Å². The van der Waals surface area contributed by atoms with Crippen LogP contribution in [-0.4, -0.2) is 21.6 Å². The summed E-state index contributed by atoms with van der Waals surface area (Å²) >= 11 is 2.63. The molecule has 7 heteroatoms. The molecule has 0 aliphatic carbocycles. The first-order chi connectivity index (χ1) is 10.8. The van der Waals surface area contributed by atoms with Gasteiger partial charge < -0.3 is 9.21 Å². The molecule has 0 radical (unpaired) electrons. The van der Waals surface area contributed by atoms with E-state index in [1.165, 1.54) is 27.7 Å². The average Bonchev–Trinajstić information content (AvgIpc) is 3.17. The van der Waals surface area contributed by atoms with Crippen LogP contribution in [0.15, 0.2) is 50.8 Å². The summed E-state index contributed by atoms with van der Waals surface area (Å²) in [6.45, 7) is 4.02. The van der Waals surface area contributed by atoms with Crippen molar-refractivity contribution in [2.45, 2.75) is 11.7 Å². The zero-order valence-corrected chi connectivity index (χ0v) is 13.2. The van der Waals surface area contributed by atoms with E-state index in [0.29, 0.717) is 27.7 Å². The number of hydrogen-bond donors (Lipinski definition) is 0. The molecule has 0 amide bonds. The number of hydrogen-bond acceptors (Lipinski definition) is 6. The second-order valence-corrected chi connectivity index (χ2v) is 6.23. The Morgan fingerprint density at radius 3 is 3.05 bits per heavy atom. The van der Waals surface area contributed by atoms with Gasteiger partial charge in [-0.15, -0.1) is 17.9 Å². The van der Waals surface area contributed by atoms with Crippen molar-refractivity contribution in [1.29, 1.82) is 0 Å². The average molecular weight is 332 g/mol. The molecular formula is C15H12N2O3S2. The Hall–Kier alpha value is -2.12. The van der Waals surface area contributed by atoms with Crippen LogP contribution in [0.25, 0.3) is 21.5 Å². The van der Waals surface area contributed by atoms with Crippen LogP contribution in [0.3, 0.4) is 0 Å². The summed E-state index contributed by atoms with van der Waals surface area (Å²) in [5.41, 5.74) is 0.596. The van der Waals surface area contributed by atoms with E-state index in [1.54, 1.807) is 18.4 Å². The molecule has 0 fully saturated rings. The zero-order valence-electron chi connectivity index (χ0n) is 11.5. The van der Waals surface area contributed by atoms with Crippen molar-refractivity contribution in [3.05, 3.63) is 46.8 Å². The van der Waals surface area contributed by atoms with Crippen LogP contribution in [0.2, 0.25) is 0 Å². The first-order valence-electron chi connectivity index (χ1n) is 6.49. The standard InChI is InChI=1S/C15H12N2O3S2/c1-2-5-17-14(19)12-10(11-4-3-7-20-11)9-22-13(12)16-15(17)21-8-6-18/h2-4,6-7,9H,1,5,8H2. The Labute approximate surface area is 134 Å². The molecule has 0 aliphatic heterocycles. The summed E-state index contributed by atoms with van der Waals surface area (Å²) in [5, 5.41) is 2.93. The van der Waals surface area contributed by atoms with Crippen LogP contribution in [0.5, 0.6) is 0 Å². The topological polar surface area (TPSA) is 65.1 Å². The predicted molar refractivity (Wildman–Crippen MR) is 88.6 cm³/mol. The summed E-state index contributed by atoms with van der Waals surface area (Å²) in [7, 11) is 0. The first kappa shape index (κ1) is 14.8. The predicted octanol–water partition coefficient (Wildman–Crippen LogP) is 3.20. The van der Waals surface area contributed by atoms with Crippen LogP contribution in [0.4, 0.5) is 0 Å². The van der Waals surface area contributed by atoms with E-state index >= 15 is 0 Å². The number of nitrogens with zero attached hydrogens (tertiary/aromatic N) is 2. The zero-order chi connectivity index (χ0) is 15.5. The molecule has 0 saturated heterocycles. The molecule has 22 heavy (non-hydrogen) atoms. The number of thioether (sulfide) groups is 1. The number of carbonyl (C=O) groups is 1. The fourth-order valence-corrected chi connectivity index (χ4v) is 3.79. The van der Waals surface area contributed by atoms with Gasteiger partial charge in [0.2, 0.25) is 0 Å². The third kappa shape index (κ3) is 2.53. The van der Waals surface area contributed by atoms with E-state index in [4.69, 9.17) is 4.42 Å². The number of rotatable bonds is 6. The second kappa shape index (κ2) is 6.33. The van der Waals surface area contributed by atoms with Gasteiger partial charge in [-0.1, -0.05) is 17.8 Å². The summed E-state index contributed by atoms with van der Waals surface area (Å²) in [5.74, 6) is 0.898. The molecule has 5 nitrogen and oxygen atoms in total. The van der Waals surface area contributed by atoms with Crippen LogP contribution < -0.4 is 5.56 Å². The fraction of sp³-hybridized carbons (Fsp3) is 0.133. The molecule has 0 spiro atoms. The van der Waals surface area contributed by atoms with Crippen LogP contribution in [0.1, 0.15) is 0 Å². The van der Waals surface area contributed by atoms with E-state index in [0.717, 1.165) is 11.8 Å². The molecule has 3 rings (SSSR count). The Morgan fingerprint density at radius 1 is 1.50 bits per heavy atom. The van der Waals surface area contributed by atoms with Crippen molar-refractivity contribution in [2.24, 2.45) is 0 Å². The van der Waals surface area contributed by atoms with Gasteiger partial charge in [-0.05, 0) is 12.1 Å². The number of thiophene rings is 1. The minimum Gasteiger partial charge on any atom is -0.464 e.